The van der Waals surface area contributed by atoms with Gasteiger partial charge in [0.25, 0.3) is 11.1 Å². The number of methoxy groups -OCH3 is 1. The number of nitrogens with zero attached hydrogens (tertiary/aromatic N) is 2. The smallest absolute Gasteiger partial charge is 0.294 e. The summed E-state index contributed by atoms with van der Waals surface area (Å²) in [5.74, 6) is -0.221. The van der Waals surface area contributed by atoms with Gasteiger partial charge in [-0.3, -0.25) is 19.3 Å². The van der Waals surface area contributed by atoms with Crippen LogP contribution in [0.5, 0.6) is 11.5 Å². The predicted octanol–water partition coefficient (Wildman–Crippen LogP) is 4.46. The fourth-order valence-electron chi connectivity index (χ4n) is 3.83. The second-order valence-electron chi connectivity index (χ2n) is 8.00. The van der Waals surface area contributed by atoms with Gasteiger partial charge in [0.15, 0.2) is 11.5 Å². The van der Waals surface area contributed by atoms with E-state index in [1.54, 1.807) is 47.4 Å². The summed E-state index contributed by atoms with van der Waals surface area (Å²) in [5.41, 5.74) is 1.05. The summed E-state index contributed by atoms with van der Waals surface area (Å²) in [5, 5.41) is -0.460. The number of rotatable bonds is 7. The van der Waals surface area contributed by atoms with Gasteiger partial charge in [0, 0.05) is 18.7 Å². The molecule has 0 radical (unpaired) electrons. The number of benzene rings is 2. The molecule has 9 heteroatoms. The molecule has 0 atom stereocenters. The summed E-state index contributed by atoms with van der Waals surface area (Å²) in [7, 11) is 1.48. The quantitative estimate of drug-likeness (QED) is 0.540. The van der Waals surface area contributed by atoms with E-state index >= 15 is 0 Å². The Morgan fingerprint density at radius 1 is 1.09 bits per heavy atom. The first kappa shape index (κ1) is 23.8. The molecule has 2 aliphatic heterocycles. The predicted molar refractivity (Wildman–Crippen MR) is 127 cm³/mol. The molecule has 3 amide bonds. The minimum absolute atomic E-state index is 0.0340. The normalized spacial score (nSPS) is 17.4. The summed E-state index contributed by atoms with van der Waals surface area (Å²) < 4.78 is 24.9. The van der Waals surface area contributed by atoms with Crippen LogP contribution in [-0.2, 0) is 16.2 Å². The SMILES string of the molecule is COc1cc(/C=C2/SC(=O)N(CC(=O)N3CCCCC3)C2=O)ccc1OCc1ccccc1F. The molecule has 2 aromatic rings. The maximum Gasteiger partial charge on any atom is 0.294 e. The molecular weight excluding hydrogens is 459 g/mol. The van der Waals surface area contributed by atoms with Crippen LogP contribution in [0, 0.1) is 5.82 Å². The summed E-state index contributed by atoms with van der Waals surface area (Å²) >= 11 is 0.806. The first-order valence-corrected chi connectivity index (χ1v) is 11.9. The first-order valence-electron chi connectivity index (χ1n) is 11.0. The first-order chi connectivity index (χ1) is 16.5. The molecule has 0 bridgehead atoms. The molecule has 0 unspecified atom stereocenters. The highest BCUT2D eigenvalue weighted by Crippen LogP contribution is 2.35. The van der Waals surface area contributed by atoms with Gasteiger partial charge in [-0.05, 0) is 60.9 Å². The van der Waals surface area contributed by atoms with E-state index < -0.39 is 11.1 Å². The fourth-order valence-corrected chi connectivity index (χ4v) is 4.67. The van der Waals surface area contributed by atoms with E-state index in [9.17, 15) is 18.8 Å². The summed E-state index contributed by atoms with van der Waals surface area (Å²) in [6.45, 7) is 1.12. The molecule has 0 aliphatic carbocycles. The van der Waals surface area contributed by atoms with Crippen molar-refractivity contribution in [2.75, 3.05) is 26.7 Å². The molecule has 0 saturated carbocycles. The molecule has 0 N–H and O–H groups in total. The molecule has 2 saturated heterocycles. The van der Waals surface area contributed by atoms with Crippen molar-refractivity contribution in [2.24, 2.45) is 0 Å². The van der Waals surface area contributed by atoms with Gasteiger partial charge in [-0.25, -0.2) is 4.39 Å². The largest absolute Gasteiger partial charge is 0.493 e. The van der Waals surface area contributed by atoms with Gasteiger partial charge in [0.1, 0.15) is 19.0 Å². The van der Waals surface area contributed by atoms with Crippen molar-refractivity contribution >= 4 is 34.9 Å². The molecule has 0 spiro atoms. The Labute approximate surface area is 201 Å². The summed E-state index contributed by atoms with van der Waals surface area (Å²) in [4.78, 5) is 40.7. The third kappa shape index (κ3) is 5.41. The van der Waals surface area contributed by atoms with Crippen LogP contribution < -0.4 is 9.47 Å². The molecule has 2 aliphatic rings. The van der Waals surface area contributed by atoms with Crippen LogP contribution in [0.4, 0.5) is 9.18 Å². The van der Waals surface area contributed by atoms with Crippen LogP contribution in [0.1, 0.15) is 30.4 Å². The highest BCUT2D eigenvalue weighted by molar-refractivity contribution is 8.18. The zero-order valence-corrected chi connectivity index (χ0v) is 19.6. The molecule has 0 aromatic heterocycles. The molecule has 4 rings (SSSR count). The lowest BCUT2D eigenvalue weighted by Gasteiger charge is -2.27. The number of amides is 3. The number of hydrogen-bond acceptors (Lipinski definition) is 6. The van der Waals surface area contributed by atoms with Gasteiger partial charge in [-0.15, -0.1) is 0 Å². The Balaban J connectivity index is 1.44. The average Bonchev–Trinajstić information content (AvgIpc) is 3.11. The van der Waals surface area contributed by atoms with Gasteiger partial charge in [-0.1, -0.05) is 24.3 Å². The standard InChI is InChI=1S/C25H25FN2O5S/c1-32-21-13-17(9-10-20(21)33-16-18-7-3-4-8-19(18)26)14-22-24(30)28(25(31)34-22)15-23(29)27-11-5-2-6-12-27/h3-4,7-10,13-14H,2,5-6,11-12,15-16H2,1H3/b22-14+. The lowest BCUT2D eigenvalue weighted by molar-refractivity contribution is -0.136. The minimum atomic E-state index is -0.487. The van der Waals surface area contributed by atoms with Gasteiger partial charge in [-0.2, -0.15) is 0 Å². The Hall–Kier alpha value is -3.33. The molecule has 2 aromatic carbocycles. The van der Waals surface area contributed by atoms with Crippen molar-refractivity contribution in [3.8, 4) is 11.5 Å². The summed E-state index contributed by atoms with van der Waals surface area (Å²) in [6.07, 6.45) is 4.55. The van der Waals surface area contributed by atoms with E-state index in [4.69, 9.17) is 9.47 Å². The van der Waals surface area contributed by atoms with E-state index in [1.165, 1.54) is 13.2 Å². The molecule has 2 fully saturated rings. The lowest BCUT2D eigenvalue weighted by atomic mass is 10.1. The van der Waals surface area contributed by atoms with Gasteiger partial charge in [0.05, 0.1) is 12.0 Å². The third-order valence-corrected chi connectivity index (χ3v) is 6.61. The van der Waals surface area contributed by atoms with Crippen molar-refractivity contribution in [3.05, 3.63) is 64.3 Å². The topological polar surface area (TPSA) is 76.2 Å². The number of carbonyl (C=O) groups is 3. The third-order valence-electron chi connectivity index (χ3n) is 5.70. The van der Waals surface area contributed by atoms with Gasteiger partial charge >= 0.3 is 0 Å². The number of ether oxygens (including phenoxy) is 2. The van der Waals surface area contributed by atoms with Gasteiger partial charge in [0.2, 0.25) is 5.91 Å². The van der Waals surface area contributed by atoms with E-state index in [-0.39, 0.29) is 29.8 Å². The van der Waals surface area contributed by atoms with Crippen LogP contribution >= 0.6 is 11.8 Å². The number of thioether (sulfide) groups is 1. The van der Waals surface area contributed by atoms with Crippen LogP contribution in [0.25, 0.3) is 6.08 Å². The van der Waals surface area contributed by atoms with E-state index in [0.717, 1.165) is 35.9 Å². The average molecular weight is 485 g/mol. The molecule has 34 heavy (non-hydrogen) atoms. The van der Waals surface area contributed by atoms with Crippen molar-refractivity contribution in [1.82, 2.24) is 9.80 Å². The van der Waals surface area contributed by atoms with Crippen molar-refractivity contribution < 1.29 is 28.2 Å². The van der Waals surface area contributed by atoms with Crippen molar-refractivity contribution in [3.63, 3.8) is 0 Å². The second kappa shape index (κ2) is 10.7. The van der Waals surface area contributed by atoms with Gasteiger partial charge < -0.3 is 14.4 Å². The highest BCUT2D eigenvalue weighted by Gasteiger charge is 2.37. The maximum absolute atomic E-state index is 13.8. The number of halogens is 1. The zero-order valence-electron chi connectivity index (χ0n) is 18.8. The molecule has 7 nitrogen and oxygen atoms in total. The number of hydrogen-bond donors (Lipinski definition) is 0. The number of carbonyl (C=O) groups excluding carboxylic acids is 3. The number of imide groups is 1. The van der Waals surface area contributed by atoms with Crippen LogP contribution in [-0.4, -0.2) is 53.6 Å². The number of likely N-dealkylation sites (tertiary alicyclic amines) is 1. The van der Waals surface area contributed by atoms with Crippen LogP contribution in [0.2, 0.25) is 0 Å². The lowest BCUT2D eigenvalue weighted by Crippen LogP contribution is -2.44. The van der Waals surface area contributed by atoms with Crippen molar-refractivity contribution in [2.45, 2.75) is 25.9 Å². The molecular formula is C25H25FN2O5S. The number of piperidine rings is 1. The monoisotopic (exact) mass is 484 g/mol. The Morgan fingerprint density at radius 2 is 1.85 bits per heavy atom. The Bertz CT molecular complexity index is 1130. The Kier molecular flexibility index (Phi) is 7.52. The van der Waals surface area contributed by atoms with Crippen molar-refractivity contribution in [1.29, 1.82) is 0 Å². The van der Waals surface area contributed by atoms with Crippen LogP contribution in [0.3, 0.4) is 0 Å². The highest BCUT2D eigenvalue weighted by atomic mass is 32.2. The second-order valence-corrected chi connectivity index (χ2v) is 8.99. The summed E-state index contributed by atoms with van der Waals surface area (Å²) in [6, 6.07) is 11.4. The molecule has 178 valence electrons. The fraction of sp³-hybridized carbons (Fsp3) is 0.320. The van der Waals surface area contributed by atoms with Crippen LogP contribution in [0.15, 0.2) is 47.4 Å². The zero-order chi connectivity index (χ0) is 24.1. The van der Waals surface area contributed by atoms with E-state index in [1.807, 2.05) is 0 Å². The maximum atomic E-state index is 13.8. The molecule has 2 heterocycles. The minimum Gasteiger partial charge on any atom is -0.493 e. The Morgan fingerprint density at radius 3 is 2.59 bits per heavy atom. The van der Waals surface area contributed by atoms with E-state index in [2.05, 4.69) is 0 Å². The van der Waals surface area contributed by atoms with E-state index in [0.29, 0.717) is 35.7 Å².